The minimum Gasteiger partial charge on any atom is -0.394 e. The van der Waals surface area contributed by atoms with Crippen LogP contribution in [0.4, 0.5) is 13.2 Å². The molecule has 2 aromatic heterocycles. The highest BCUT2D eigenvalue weighted by Crippen LogP contribution is 2.34. The first-order valence-electron chi connectivity index (χ1n) is 9.76. The number of pyridine rings is 1. The van der Waals surface area contributed by atoms with Gasteiger partial charge in [0.15, 0.2) is 5.65 Å². The predicted molar refractivity (Wildman–Crippen MR) is 108 cm³/mol. The second kappa shape index (κ2) is 8.70. The third-order valence-electron chi connectivity index (χ3n) is 5.52. The summed E-state index contributed by atoms with van der Waals surface area (Å²) in [6.07, 6.45) is -10.8. The van der Waals surface area contributed by atoms with Gasteiger partial charge in [-0.1, -0.05) is 17.7 Å². The maximum atomic E-state index is 13.0. The van der Waals surface area contributed by atoms with Gasteiger partial charge in [-0.05, 0) is 35.4 Å². The number of alkyl halides is 3. The maximum absolute atomic E-state index is 13.0. The number of aromatic nitrogens is 3. The number of hydrogen-bond acceptors (Lipinski definition) is 7. The van der Waals surface area contributed by atoms with Crippen molar-refractivity contribution in [2.24, 2.45) is 0 Å². The number of fused-ring (bicyclic) bond motifs is 1. The largest absolute Gasteiger partial charge is 0.417 e. The Kier molecular flexibility index (Phi) is 6.24. The van der Waals surface area contributed by atoms with Gasteiger partial charge in [0.05, 0.1) is 18.7 Å². The highest BCUT2D eigenvalue weighted by molar-refractivity contribution is 6.31. The highest BCUT2D eigenvalue weighted by atomic mass is 35.5. The lowest BCUT2D eigenvalue weighted by Gasteiger charge is -2.40. The molecule has 178 valence electrons. The smallest absolute Gasteiger partial charge is 0.394 e. The molecule has 0 unspecified atom stereocenters. The van der Waals surface area contributed by atoms with Crippen LogP contribution in [0.3, 0.4) is 0 Å². The van der Waals surface area contributed by atoms with Gasteiger partial charge in [-0.25, -0.2) is 13.9 Å². The molecule has 4 N–H and O–H groups in total. The molecule has 3 aromatic rings. The van der Waals surface area contributed by atoms with Crippen LogP contribution in [0.1, 0.15) is 22.8 Å². The van der Waals surface area contributed by atoms with Crippen molar-refractivity contribution in [3.63, 3.8) is 0 Å². The van der Waals surface area contributed by atoms with Crippen molar-refractivity contribution >= 4 is 17.2 Å². The third-order valence-corrected chi connectivity index (χ3v) is 5.88. The first kappa shape index (κ1) is 23.7. The number of benzene rings is 1. The fourth-order valence-electron chi connectivity index (χ4n) is 3.72. The van der Waals surface area contributed by atoms with Gasteiger partial charge in [0.1, 0.15) is 30.5 Å². The lowest BCUT2D eigenvalue weighted by atomic mass is 9.90. The molecule has 1 saturated heterocycles. The van der Waals surface area contributed by atoms with Crippen LogP contribution in [-0.2, 0) is 17.5 Å². The molecule has 3 heterocycles. The summed E-state index contributed by atoms with van der Waals surface area (Å²) in [7, 11) is 0. The zero-order valence-corrected chi connectivity index (χ0v) is 17.5. The Labute approximate surface area is 188 Å². The summed E-state index contributed by atoms with van der Waals surface area (Å²) in [4.78, 5) is 12.6. The molecule has 1 aromatic carbocycles. The Morgan fingerprint density at radius 1 is 1.09 bits per heavy atom. The van der Waals surface area contributed by atoms with Crippen LogP contribution in [0.25, 0.3) is 5.65 Å². The zero-order chi connectivity index (χ0) is 24.1. The number of hydrogen-bond donors (Lipinski definition) is 4. The summed E-state index contributed by atoms with van der Waals surface area (Å²) in [6.45, 7) is -0.801. The van der Waals surface area contributed by atoms with Crippen molar-refractivity contribution in [3.05, 3.63) is 68.7 Å². The van der Waals surface area contributed by atoms with Crippen LogP contribution in [-0.4, -0.2) is 65.6 Å². The predicted octanol–water partition coefficient (Wildman–Crippen LogP) is 0.731. The SMILES string of the molecule is O=c1n(Cc2cc([C@@H]3O[C@H](CO)[C@@H](O)[C@H](O)[C@H]3O)ccc2Cl)nc2ccc(C(F)(F)F)cn12. The van der Waals surface area contributed by atoms with Crippen LogP contribution in [0, 0.1) is 0 Å². The number of aliphatic hydroxyl groups is 4. The number of aliphatic hydroxyl groups excluding tert-OH is 4. The van der Waals surface area contributed by atoms with E-state index in [1.807, 2.05) is 0 Å². The van der Waals surface area contributed by atoms with E-state index in [2.05, 4.69) is 5.10 Å². The first-order chi connectivity index (χ1) is 15.5. The van der Waals surface area contributed by atoms with Crippen LogP contribution in [0.5, 0.6) is 0 Å². The molecule has 0 spiro atoms. The lowest BCUT2D eigenvalue weighted by Crippen LogP contribution is -2.55. The van der Waals surface area contributed by atoms with Gasteiger partial charge in [0.2, 0.25) is 0 Å². The molecule has 4 rings (SSSR count). The van der Waals surface area contributed by atoms with Crippen LogP contribution in [0.15, 0.2) is 41.3 Å². The van der Waals surface area contributed by atoms with E-state index >= 15 is 0 Å². The van der Waals surface area contributed by atoms with Gasteiger partial charge >= 0.3 is 11.9 Å². The van der Waals surface area contributed by atoms with E-state index in [4.69, 9.17) is 16.3 Å². The Hall–Kier alpha value is -2.48. The average molecular weight is 490 g/mol. The third kappa shape index (κ3) is 4.37. The lowest BCUT2D eigenvalue weighted by molar-refractivity contribution is -0.231. The van der Waals surface area contributed by atoms with Gasteiger partial charge in [-0.3, -0.25) is 0 Å². The number of rotatable bonds is 4. The summed E-state index contributed by atoms with van der Waals surface area (Å²) >= 11 is 6.23. The number of ether oxygens (including phenoxy) is 1. The second-order valence-corrected chi connectivity index (χ2v) is 8.09. The summed E-state index contributed by atoms with van der Waals surface area (Å²) < 4.78 is 46.2. The molecular weight excluding hydrogens is 471 g/mol. The highest BCUT2D eigenvalue weighted by Gasteiger charge is 2.44. The van der Waals surface area contributed by atoms with Gasteiger partial charge < -0.3 is 25.2 Å². The van der Waals surface area contributed by atoms with Gasteiger partial charge in [0, 0.05) is 11.2 Å². The van der Waals surface area contributed by atoms with E-state index in [0.717, 1.165) is 21.2 Å². The fraction of sp³-hybridized carbons (Fsp3) is 0.400. The Bertz CT molecular complexity index is 1230. The van der Waals surface area contributed by atoms with Crippen LogP contribution in [0.2, 0.25) is 5.02 Å². The summed E-state index contributed by atoms with van der Waals surface area (Å²) in [5.74, 6) is 0. The van der Waals surface area contributed by atoms with Crippen molar-refractivity contribution in [3.8, 4) is 0 Å². The van der Waals surface area contributed by atoms with Crippen molar-refractivity contribution in [1.82, 2.24) is 14.2 Å². The normalized spacial score (nSPS) is 26.1. The maximum Gasteiger partial charge on any atom is 0.417 e. The van der Waals surface area contributed by atoms with Crippen LogP contribution < -0.4 is 5.69 Å². The van der Waals surface area contributed by atoms with E-state index in [-0.39, 0.29) is 17.2 Å². The van der Waals surface area contributed by atoms with Crippen molar-refractivity contribution in [1.29, 1.82) is 0 Å². The molecule has 33 heavy (non-hydrogen) atoms. The standard InChI is InChI=1S/C20H19ClF3N3O6/c21-12-3-1-9(18-17(31)16(30)15(29)13(8-28)33-18)5-10(12)6-27-19(32)26-7-11(20(22,23)24)2-4-14(26)25-27/h1-5,7,13,15-18,28-31H,6,8H2/t13-,15-,16+,17-,18+/m1/s1. The fourth-order valence-corrected chi connectivity index (χ4v) is 3.90. The minimum atomic E-state index is -4.63. The summed E-state index contributed by atoms with van der Waals surface area (Å²) in [5.41, 5.74) is -1.13. The van der Waals surface area contributed by atoms with Gasteiger partial charge in [-0.2, -0.15) is 13.2 Å². The first-order valence-corrected chi connectivity index (χ1v) is 10.1. The summed E-state index contributed by atoms with van der Waals surface area (Å²) in [5, 5.41) is 43.9. The molecule has 1 aliphatic rings. The summed E-state index contributed by atoms with van der Waals surface area (Å²) in [6, 6.07) is 6.33. The zero-order valence-electron chi connectivity index (χ0n) is 16.7. The monoisotopic (exact) mass is 489 g/mol. The van der Waals surface area contributed by atoms with Crippen molar-refractivity contribution in [2.75, 3.05) is 6.61 Å². The van der Waals surface area contributed by atoms with E-state index in [0.29, 0.717) is 17.3 Å². The molecule has 1 aliphatic heterocycles. The van der Waals surface area contributed by atoms with Gasteiger partial charge in [-0.15, -0.1) is 5.10 Å². The Morgan fingerprint density at radius 2 is 1.82 bits per heavy atom. The molecule has 0 amide bonds. The second-order valence-electron chi connectivity index (χ2n) is 7.68. The van der Waals surface area contributed by atoms with Crippen molar-refractivity contribution in [2.45, 2.75) is 43.2 Å². The molecular formula is C20H19ClF3N3O6. The molecule has 9 nitrogen and oxygen atoms in total. The molecule has 0 saturated carbocycles. The number of halogens is 4. The molecule has 0 bridgehead atoms. The quantitative estimate of drug-likeness (QED) is 0.425. The molecule has 0 aliphatic carbocycles. The van der Waals surface area contributed by atoms with Crippen LogP contribution >= 0.6 is 11.6 Å². The van der Waals surface area contributed by atoms with Gasteiger partial charge in [0.25, 0.3) is 0 Å². The van der Waals surface area contributed by atoms with E-state index in [1.165, 1.54) is 18.2 Å². The molecule has 5 atom stereocenters. The Balaban J connectivity index is 1.67. The van der Waals surface area contributed by atoms with E-state index < -0.39 is 54.6 Å². The minimum absolute atomic E-state index is 0.00853. The van der Waals surface area contributed by atoms with E-state index in [1.54, 1.807) is 0 Å². The van der Waals surface area contributed by atoms with E-state index in [9.17, 15) is 38.4 Å². The number of nitrogens with zero attached hydrogens (tertiary/aromatic N) is 3. The van der Waals surface area contributed by atoms with Crippen molar-refractivity contribution < 1.29 is 38.3 Å². The molecule has 13 heteroatoms. The molecule has 0 radical (unpaired) electrons. The topological polar surface area (TPSA) is 129 Å². The Morgan fingerprint density at radius 3 is 2.48 bits per heavy atom. The average Bonchev–Trinajstić information content (AvgIpc) is 3.08. The molecule has 1 fully saturated rings.